The molecule has 0 unspecified atom stereocenters. The number of unbranched alkanes of at least 4 members (excludes halogenated alkanes) is 1. The Morgan fingerprint density at radius 3 is 2.00 bits per heavy atom. The molecule has 1 aromatic heterocycles. The van der Waals surface area contributed by atoms with Crippen LogP contribution in [-0.2, 0) is 16.0 Å². The van der Waals surface area contributed by atoms with Gasteiger partial charge in [-0.15, -0.1) is 0 Å². The molecular formula is C25H43N3O4. The molecule has 32 heavy (non-hydrogen) atoms. The van der Waals surface area contributed by atoms with Crippen molar-refractivity contribution in [3.8, 4) is 0 Å². The lowest BCUT2D eigenvalue weighted by Crippen LogP contribution is -2.44. The van der Waals surface area contributed by atoms with Gasteiger partial charge in [-0.25, -0.2) is 19.5 Å². The van der Waals surface area contributed by atoms with Gasteiger partial charge in [-0.05, 0) is 78.7 Å². The Morgan fingerprint density at radius 1 is 1.00 bits per heavy atom. The maximum absolute atomic E-state index is 12.5. The highest BCUT2D eigenvalue weighted by Crippen LogP contribution is 2.20. The predicted molar refractivity (Wildman–Crippen MR) is 128 cm³/mol. The third-order valence-corrected chi connectivity index (χ3v) is 4.42. The molecule has 7 nitrogen and oxygen atoms in total. The minimum Gasteiger partial charge on any atom is -0.443 e. The van der Waals surface area contributed by atoms with Crippen LogP contribution >= 0.6 is 0 Å². The number of carbonyl (C=O) groups is 2. The van der Waals surface area contributed by atoms with E-state index in [2.05, 4.69) is 42.6 Å². The standard InChI is InChI=1S/C25H43N3O4/c1-19(20-17-27(18-26-20)16-14-23(2,3)4)13-11-12-15-28(21(29)31-24(5,6)7)22(30)32-25(8,9)10/h13,17-18H,11-12,14-16H2,1-10H3/b19-13-. The summed E-state index contributed by atoms with van der Waals surface area (Å²) in [5, 5.41) is 0. The van der Waals surface area contributed by atoms with E-state index in [1.807, 2.05) is 13.3 Å². The van der Waals surface area contributed by atoms with Crippen molar-refractivity contribution in [3.05, 3.63) is 24.3 Å². The van der Waals surface area contributed by atoms with E-state index >= 15 is 0 Å². The number of nitrogens with zero attached hydrogens (tertiary/aromatic N) is 3. The Morgan fingerprint density at radius 2 is 1.53 bits per heavy atom. The third kappa shape index (κ3) is 11.3. The molecule has 0 aliphatic heterocycles. The summed E-state index contributed by atoms with van der Waals surface area (Å²) in [6.07, 6.45) is 7.00. The molecule has 7 heteroatoms. The van der Waals surface area contributed by atoms with Gasteiger partial charge < -0.3 is 14.0 Å². The highest BCUT2D eigenvalue weighted by molar-refractivity contribution is 5.88. The molecule has 1 aromatic rings. The number of aromatic nitrogens is 2. The number of ether oxygens (including phenoxy) is 2. The first kappa shape index (κ1) is 27.7. The molecule has 0 spiro atoms. The molecule has 0 bridgehead atoms. The zero-order valence-electron chi connectivity index (χ0n) is 21.7. The lowest BCUT2D eigenvalue weighted by Gasteiger charge is -2.28. The molecule has 182 valence electrons. The van der Waals surface area contributed by atoms with Gasteiger partial charge in [0.2, 0.25) is 0 Å². The highest BCUT2D eigenvalue weighted by atomic mass is 16.6. The van der Waals surface area contributed by atoms with Crippen molar-refractivity contribution in [1.82, 2.24) is 14.5 Å². The van der Waals surface area contributed by atoms with Crippen molar-refractivity contribution < 1.29 is 19.1 Å². The summed E-state index contributed by atoms with van der Waals surface area (Å²) in [6.45, 7) is 20.5. The molecule has 1 heterocycles. The average molecular weight is 450 g/mol. The molecule has 0 atom stereocenters. The van der Waals surface area contributed by atoms with Crippen molar-refractivity contribution in [2.75, 3.05) is 6.54 Å². The average Bonchev–Trinajstić information content (AvgIpc) is 3.05. The molecule has 1 rings (SSSR count). The lowest BCUT2D eigenvalue weighted by atomic mass is 9.92. The van der Waals surface area contributed by atoms with Crippen LogP contribution in [0.3, 0.4) is 0 Å². The zero-order chi connectivity index (χ0) is 24.7. The fraction of sp³-hybridized carbons (Fsp3) is 0.720. The summed E-state index contributed by atoms with van der Waals surface area (Å²) < 4.78 is 12.9. The Bertz CT molecular complexity index is 761. The van der Waals surface area contributed by atoms with E-state index in [0.717, 1.165) is 29.1 Å². The topological polar surface area (TPSA) is 73.7 Å². The largest absolute Gasteiger partial charge is 0.443 e. The molecule has 0 aliphatic carbocycles. The van der Waals surface area contributed by atoms with Crippen molar-refractivity contribution in [3.63, 3.8) is 0 Å². The monoisotopic (exact) mass is 449 g/mol. The second kappa shape index (κ2) is 11.0. The fourth-order valence-corrected chi connectivity index (χ4v) is 2.71. The van der Waals surface area contributed by atoms with Crippen LogP contribution in [0.4, 0.5) is 9.59 Å². The number of imidazole rings is 1. The SMILES string of the molecule is C/C(=C/CCCN(C(=O)OC(C)(C)C)C(=O)OC(C)(C)C)c1cn(CCC(C)(C)C)cn1. The van der Waals surface area contributed by atoms with Crippen LogP contribution in [0.25, 0.3) is 5.57 Å². The van der Waals surface area contributed by atoms with Gasteiger partial charge >= 0.3 is 12.2 Å². The number of aryl methyl sites for hydroxylation is 1. The summed E-state index contributed by atoms with van der Waals surface area (Å²) in [6, 6.07) is 0. The van der Waals surface area contributed by atoms with Crippen LogP contribution in [0.1, 0.15) is 94.2 Å². The van der Waals surface area contributed by atoms with E-state index in [0.29, 0.717) is 12.8 Å². The Hall–Kier alpha value is -2.31. The third-order valence-electron chi connectivity index (χ3n) is 4.42. The number of allylic oxidation sites excluding steroid dienone is 2. The van der Waals surface area contributed by atoms with Gasteiger partial charge in [-0.2, -0.15) is 0 Å². The summed E-state index contributed by atoms with van der Waals surface area (Å²) in [4.78, 5) is 30.6. The quantitative estimate of drug-likeness (QED) is 0.434. The van der Waals surface area contributed by atoms with Gasteiger partial charge in [0, 0.05) is 19.3 Å². The van der Waals surface area contributed by atoms with E-state index in [-0.39, 0.29) is 12.0 Å². The number of carbonyl (C=O) groups excluding carboxylic acids is 2. The van der Waals surface area contributed by atoms with Crippen LogP contribution in [0, 0.1) is 5.41 Å². The van der Waals surface area contributed by atoms with Crippen LogP contribution in [0.15, 0.2) is 18.6 Å². The van der Waals surface area contributed by atoms with Crippen LogP contribution < -0.4 is 0 Å². The Kier molecular flexibility index (Phi) is 9.54. The van der Waals surface area contributed by atoms with Gasteiger partial charge in [-0.1, -0.05) is 26.8 Å². The van der Waals surface area contributed by atoms with Crippen molar-refractivity contribution in [2.24, 2.45) is 5.41 Å². The maximum atomic E-state index is 12.5. The minimum atomic E-state index is -0.695. The summed E-state index contributed by atoms with van der Waals surface area (Å²) in [5.41, 5.74) is 0.901. The number of rotatable bonds is 7. The van der Waals surface area contributed by atoms with Gasteiger partial charge in [0.15, 0.2) is 0 Å². The first-order valence-corrected chi connectivity index (χ1v) is 11.4. The number of hydrogen-bond donors (Lipinski definition) is 0. The van der Waals surface area contributed by atoms with E-state index in [4.69, 9.17) is 9.47 Å². The fourth-order valence-electron chi connectivity index (χ4n) is 2.71. The minimum absolute atomic E-state index is 0.216. The molecular weight excluding hydrogens is 406 g/mol. The number of hydrogen-bond acceptors (Lipinski definition) is 5. The molecule has 2 amide bonds. The normalized spacial score (nSPS) is 13.1. The van der Waals surface area contributed by atoms with E-state index in [1.54, 1.807) is 41.5 Å². The molecule has 0 radical (unpaired) electrons. The number of imide groups is 1. The summed E-state index contributed by atoms with van der Waals surface area (Å²) in [7, 11) is 0. The van der Waals surface area contributed by atoms with Gasteiger partial charge in [-0.3, -0.25) is 0 Å². The summed E-state index contributed by atoms with van der Waals surface area (Å²) in [5.74, 6) is 0. The molecule has 0 saturated carbocycles. The van der Waals surface area contributed by atoms with Crippen LogP contribution in [-0.4, -0.2) is 44.4 Å². The van der Waals surface area contributed by atoms with Crippen molar-refractivity contribution >= 4 is 17.8 Å². The molecule has 0 fully saturated rings. The second-order valence-electron chi connectivity index (χ2n) is 11.4. The van der Waals surface area contributed by atoms with Gasteiger partial charge in [0.05, 0.1) is 12.0 Å². The zero-order valence-corrected chi connectivity index (χ0v) is 21.7. The second-order valence-corrected chi connectivity index (χ2v) is 11.4. The molecule has 0 aliphatic rings. The van der Waals surface area contributed by atoms with Gasteiger partial charge in [0.1, 0.15) is 11.2 Å². The Balaban J connectivity index is 2.72. The predicted octanol–water partition coefficient (Wildman–Crippen LogP) is 6.68. The molecule has 0 N–H and O–H groups in total. The van der Waals surface area contributed by atoms with Crippen LogP contribution in [0.5, 0.6) is 0 Å². The maximum Gasteiger partial charge on any atom is 0.419 e. The van der Waals surface area contributed by atoms with Crippen molar-refractivity contribution in [2.45, 2.75) is 106 Å². The van der Waals surface area contributed by atoms with Crippen LogP contribution in [0.2, 0.25) is 0 Å². The highest BCUT2D eigenvalue weighted by Gasteiger charge is 2.30. The number of amides is 2. The Labute approximate surface area is 194 Å². The lowest BCUT2D eigenvalue weighted by molar-refractivity contribution is 0.00133. The first-order valence-electron chi connectivity index (χ1n) is 11.4. The van der Waals surface area contributed by atoms with Gasteiger partial charge in [0.25, 0.3) is 0 Å². The van der Waals surface area contributed by atoms with E-state index in [9.17, 15) is 9.59 Å². The molecule has 0 saturated heterocycles. The molecule has 0 aromatic carbocycles. The van der Waals surface area contributed by atoms with Crippen molar-refractivity contribution in [1.29, 1.82) is 0 Å². The first-order chi connectivity index (χ1) is 14.5. The van der Waals surface area contributed by atoms with E-state index in [1.165, 1.54) is 0 Å². The smallest absolute Gasteiger partial charge is 0.419 e. The summed E-state index contributed by atoms with van der Waals surface area (Å²) >= 11 is 0. The van der Waals surface area contributed by atoms with E-state index < -0.39 is 23.4 Å².